The quantitative estimate of drug-likeness (QED) is 0.647. The van der Waals surface area contributed by atoms with Crippen LogP contribution in [0.5, 0.6) is 11.5 Å². The van der Waals surface area contributed by atoms with Gasteiger partial charge in [-0.3, -0.25) is 4.79 Å². The molecule has 2 aromatic carbocycles. The van der Waals surface area contributed by atoms with Crippen molar-refractivity contribution in [3.63, 3.8) is 0 Å². The number of carbonyl (C=O) groups is 1. The lowest BCUT2D eigenvalue weighted by Gasteiger charge is -2.45. The average Bonchev–Trinajstić information content (AvgIpc) is 2.72. The van der Waals surface area contributed by atoms with Gasteiger partial charge < -0.3 is 19.3 Å². The molecule has 0 fully saturated rings. The van der Waals surface area contributed by atoms with E-state index >= 15 is 0 Å². The summed E-state index contributed by atoms with van der Waals surface area (Å²) in [4.78, 5) is 12.0. The molecule has 9 heteroatoms. The molecule has 0 unspecified atom stereocenters. The topological polar surface area (TPSA) is 102 Å². The largest absolute Gasteiger partial charge is 0.489 e. The molecular weight excluding hydrogens is 422 g/mol. The van der Waals surface area contributed by atoms with E-state index in [1.165, 1.54) is 7.11 Å². The maximum Gasteiger partial charge on any atom is 0.321 e. The van der Waals surface area contributed by atoms with Crippen LogP contribution in [-0.4, -0.2) is 55.4 Å². The molecule has 2 aromatic rings. The minimum absolute atomic E-state index is 0.317. The smallest absolute Gasteiger partial charge is 0.321 e. The number of hydrogen-bond acceptors (Lipinski definition) is 7. The Bertz CT molecular complexity index is 1040. The summed E-state index contributed by atoms with van der Waals surface area (Å²) in [6.07, 6.45) is -0.260. The Kier molecular flexibility index (Phi) is 6.59. The van der Waals surface area contributed by atoms with Gasteiger partial charge in [0, 0.05) is 5.56 Å². The molecule has 0 amide bonds. The summed E-state index contributed by atoms with van der Waals surface area (Å²) in [7, 11) is -2.71. The number of hydrogen-bond donors (Lipinski definition) is 1. The summed E-state index contributed by atoms with van der Waals surface area (Å²) in [5, 5.41) is 11.0. The van der Waals surface area contributed by atoms with Crippen LogP contribution in [0, 0.1) is 0 Å². The van der Waals surface area contributed by atoms with Crippen LogP contribution in [0.2, 0.25) is 0 Å². The van der Waals surface area contributed by atoms with Crippen LogP contribution in [0.4, 0.5) is 0 Å². The van der Waals surface area contributed by atoms with E-state index in [1.54, 1.807) is 32.0 Å². The van der Waals surface area contributed by atoms with Gasteiger partial charge in [0.05, 0.1) is 19.4 Å². The average molecular weight is 450 g/mol. The number of ether oxygens (including phenoxy) is 3. The molecule has 0 aromatic heterocycles. The number of fused-ring (bicyclic) bond motifs is 1. The number of carbonyl (C=O) groups excluding carboxylic acids is 1. The zero-order valence-corrected chi connectivity index (χ0v) is 18.8. The number of sulfonamides is 1. The molecule has 2 atom stereocenters. The number of benzene rings is 2. The number of aliphatic hydroxyl groups excluding tert-OH is 1. The zero-order valence-electron chi connectivity index (χ0n) is 17.9. The Balaban J connectivity index is 2.01. The second-order valence-electron chi connectivity index (χ2n) is 7.95. The Morgan fingerprint density at radius 2 is 1.87 bits per heavy atom. The second kappa shape index (κ2) is 8.86. The Morgan fingerprint density at radius 3 is 2.48 bits per heavy atom. The number of esters is 1. The van der Waals surface area contributed by atoms with E-state index in [-0.39, 0.29) is 0 Å². The van der Waals surface area contributed by atoms with Crippen molar-refractivity contribution in [2.24, 2.45) is 0 Å². The third-order valence-electron chi connectivity index (χ3n) is 5.18. The van der Waals surface area contributed by atoms with Crippen molar-refractivity contribution in [2.75, 3.05) is 19.9 Å². The first-order valence-corrected chi connectivity index (χ1v) is 11.6. The highest BCUT2D eigenvalue weighted by Gasteiger charge is 2.48. The molecule has 0 radical (unpaired) electrons. The fraction of sp³-hybridized carbons (Fsp3) is 0.409. The van der Waals surface area contributed by atoms with Crippen LogP contribution in [0.15, 0.2) is 48.5 Å². The molecule has 31 heavy (non-hydrogen) atoms. The van der Waals surface area contributed by atoms with Gasteiger partial charge in [0.1, 0.15) is 36.4 Å². The van der Waals surface area contributed by atoms with Crippen LogP contribution >= 0.6 is 0 Å². The Labute approximate surface area is 182 Å². The molecule has 0 bridgehead atoms. The van der Waals surface area contributed by atoms with Crippen molar-refractivity contribution >= 4 is 16.0 Å². The number of nitrogens with zero attached hydrogens (tertiary/aromatic N) is 1. The van der Waals surface area contributed by atoms with Gasteiger partial charge in [-0.1, -0.05) is 30.3 Å². The standard InChI is InChI=1S/C22H27NO7S/c1-22(2)21(25)20(23(31(4,26)27)13-19(24)28-3)17-12-16(10-11-18(17)30-22)29-14-15-8-6-5-7-9-15/h5-12,20-21,25H,13-14H2,1-4H3/t20-,21+/m1/s1. The van der Waals surface area contributed by atoms with Crippen molar-refractivity contribution in [2.45, 2.75) is 38.2 Å². The molecular formula is C22H27NO7S. The molecule has 0 aliphatic carbocycles. The highest BCUT2D eigenvalue weighted by Crippen LogP contribution is 2.45. The highest BCUT2D eigenvalue weighted by molar-refractivity contribution is 7.88. The van der Waals surface area contributed by atoms with Crippen LogP contribution in [0.25, 0.3) is 0 Å². The van der Waals surface area contributed by atoms with E-state index in [0.717, 1.165) is 16.1 Å². The summed E-state index contributed by atoms with van der Waals surface area (Å²) in [6.45, 7) is 3.09. The maximum absolute atomic E-state index is 12.6. The van der Waals surface area contributed by atoms with Gasteiger partial charge in [0.15, 0.2) is 0 Å². The lowest BCUT2D eigenvalue weighted by molar-refractivity contribution is -0.143. The van der Waals surface area contributed by atoms with Crippen molar-refractivity contribution in [3.8, 4) is 11.5 Å². The summed E-state index contributed by atoms with van der Waals surface area (Å²) in [6, 6.07) is 13.6. The molecule has 0 saturated heterocycles. The minimum Gasteiger partial charge on any atom is -0.489 e. The molecule has 168 valence electrons. The second-order valence-corrected chi connectivity index (χ2v) is 9.89. The van der Waals surface area contributed by atoms with Crippen molar-refractivity contribution < 1.29 is 32.5 Å². The monoisotopic (exact) mass is 449 g/mol. The molecule has 8 nitrogen and oxygen atoms in total. The summed E-state index contributed by atoms with van der Waals surface area (Å²) in [5.74, 6) is 0.153. The third-order valence-corrected chi connectivity index (χ3v) is 6.39. The van der Waals surface area contributed by atoms with Crippen LogP contribution < -0.4 is 9.47 Å². The van der Waals surface area contributed by atoms with E-state index in [4.69, 9.17) is 9.47 Å². The van der Waals surface area contributed by atoms with Gasteiger partial charge in [-0.25, -0.2) is 8.42 Å². The molecule has 1 aliphatic heterocycles. The first-order valence-electron chi connectivity index (χ1n) is 9.74. The van der Waals surface area contributed by atoms with E-state index in [1.807, 2.05) is 30.3 Å². The Morgan fingerprint density at radius 1 is 1.19 bits per heavy atom. The fourth-order valence-electron chi connectivity index (χ4n) is 3.50. The summed E-state index contributed by atoms with van der Waals surface area (Å²) < 4.78 is 42.6. The van der Waals surface area contributed by atoms with Crippen molar-refractivity contribution in [3.05, 3.63) is 59.7 Å². The van der Waals surface area contributed by atoms with Gasteiger partial charge in [0.25, 0.3) is 0 Å². The predicted octanol–water partition coefficient (Wildman–Crippen LogP) is 2.27. The molecule has 0 spiro atoms. The van der Waals surface area contributed by atoms with Crippen molar-refractivity contribution in [1.82, 2.24) is 4.31 Å². The van der Waals surface area contributed by atoms with E-state index in [9.17, 15) is 18.3 Å². The summed E-state index contributed by atoms with van der Waals surface area (Å²) >= 11 is 0. The zero-order chi connectivity index (χ0) is 22.8. The Hall–Kier alpha value is -2.62. The molecule has 1 aliphatic rings. The minimum atomic E-state index is -3.89. The first-order chi connectivity index (χ1) is 14.5. The number of rotatable bonds is 7. The van der Waals surface area contributed by atoms with E-state index in [0.29, 0.717) is 23.7 Å². The van der Waals surface area contributed by atoms with Crippen LogP contribution in [0.3, 0.4) is 0 Å². The van der Waals surface area contributed by atoms with E-state index < -0.39 is 40.3 Å². The molecule has 1 heterocycles. The lowest BCUT2D eigenvalue weighted by atomic mass is 9.86. The number of methoxy groups -OCH3 is 1. The normalized spacial score (nSPS) is 19.9. The summed E-state index contributed by atoms with van der Waals surface area (Å²) in [5.41, 5.74) is 0.285. The van der Waals surface area contributed by atoms with E-state index in [2.05, 4.69) is 4.74 Å². The first kappa shape index (κ1) is 23.1. The SMILES string of the molecule is COC(=O)CN([C@@H]1c2cc(OCc3ccccc3)ccc2OC(C)(C)[C@H]1O)S(C)(=O)=O. The van der Waals surface area contributed by atoms with Gasteiger partial charge in [-0.15, -0.1) is 0 Å². The fourth-order valence-corrected chi connectivity index (χ4v) is 4.48. The van der Waals surface area contributed by atoms with Crippen LogP contribution in [0.1, 0.15) is 31.0 Å². The molecule has 3 rings (SSSR count). The van der Waals surface area contributed by atoms with Gasteiger partial charge >= 0.3 is 5.97 Å². The van der Waals surface area contributed by atoms with Crippen molar-refractivity contribution in [1.29, 1.82) is 0 Å². The van der Waals surface area contributed by atoms with Gasteiger partial charge in [-0.05, 0) is 37.6 Å². The molecule has 0 saturated carbocycles. The van der Waals surface area contributed by atoms with Gasteiger partial charge in [-0.2, -0.15) is 4.31 Å². The van der Waals surface area contributed by atoms with Gasteiger partial charge in [0.2, 0.25) is 10.0 Å². The van der Waals surface area contributed by atoms with Crippen LogP contribution in [-0.2, 0) is 26.2 Å². The number of aliphatic hydroxyl groups is 1. The molecule has 1 N–H and O–H groups in total. The third kappa shape index (κ3) is 5.17. The predicted molar refractivity (Wildman–Crippen MR) is 114 cm³/mol. The maximum atomic E-state index is 12.6. The lowest BCUT2D eigenvalue weighted by Crippen LogP contribution is -2.55. The highest BCUT2D eigenvalue weighted by atomic mass is 32.2.